The number of unbranched alkanes of at least 4 members (excludes halogenated alkanes) is 31. The van der Waals surface area contributed by atoms with Crippen LogP contribution in [0.4, 0.5) is 0 Å². The lowest BCUT2D eigenvalue weighted by molar-refractivity contribution is -0.167. The summed E-state index contributed by atoms with van der Waals surface area (Å²) in [6, 6.07) is 0. The summed E-state index contributed by atoms with van der Waals surface area (Å²) in [6.07, 6.45) is 48.2. The Labute approximate surface area is 387 Å². The molecule has 0 aliphatic carbocycles. The molecule has 0 aliphatic heterocycles. The molecule has 0 saturated carbocycles. The van der Waals surface area contributed by atoms with Gasteiger partial charge in [-0.1, -0.05) is 266 Å². The lowest BCUT2D eigenvalue weighted by Gasteiger charge is -2.18. The van der Waals surface area contributed by atoms with Crippen molar-refractivity contribution < 1.29 is 28.6 Å². The van der Waals surface area contributed by atoms with Crippen molar-refractivity contribution in [2.45, 2.75) is 311 Å². The Balaban J connectivity index is 4.20. The number of hydrogen-bond acceptors (Lipinski definition) is 6. The maximum atomic E-state index is 12.8. The molecule has 0 fully saturated rings. The molecular formula is C56H108O6. The highest BCUT2D eigenvalue weighted by Gasteiger charge is 2.19. The minimum atomic E-state index is -0.763. The van der Waals surface area contributed by atoms with E-state index in [-0.39, 0.29) is 31.1 Å². The number of carbonyl (C=O) groups excluding carboxylic acids is 3. The number of hydrogen-bond donors (Lipinski definition) is 0. The molecule has 0 heterocycles. The number of esters is 3. The van der Waals surface area contributed by atoms with Gasteiger partial charge in [0, 0.05) is 19.3 Å². The average Bonchev–Trinajstić information content (AvgIpc) is 3.24. The van der Waals surface area contributed by atoms with Crippen LogP contribution >= 0.6 is 0 Å². The molecule has 6 heteroatoms. The Morgan fingerprint density at radius 1 is 0.323 bits per heavy atom. The van der Waals surface area contributed by atoms with Gasteiger partial charge in [0.1, 0.15) is 13.2 Å². The van der Waals surface area contributed by atoms with Crippen LogP contribution in [0.2, 0.25) is 0 Å². The van der Waals surface area contributed by atoms with Gasteiger partial charge < -0.3 is 14.2 Å². The minimum Gasteiger partial charge on any atom is -0.462 e. The largest absolute Gasteiger partial charge is 0.462 e. The summed E-state index contributed by atoms with van der Waals surface area (Å²) in [7, 11) is 0. The summed E-state index contributed by atoms with van der Waals surface area (Å²) in [5.74, 6) is 1.64. The first kappa shape index (κ1) is 60.4. The van der Waals surface area contributed by atoms with Crippen LogP contribution in [0.15, 0.2) is 0 Å². The van der Waals surface area contributed by atoms with Crippen LogP contribution in [0.25, 0.3) is 0 Å². The first-order valence-corrected chi connectivity index (χ1v) is 27.6. The molecule has 0 aromatic heterocycles. The average molecular weight is 877 g/mol. The SMILES string of the molecule is CCC(C)CCCCCCCCCCCCC(=O)O[C@H](COC(=O)CCCCCCCCCCCCCCCCCCCCC(C)C)COC(=O)CCCCCCCCC(C)C. The van der Waals surface area contributed by atoms with Gasteiger partial charge in [-0.2, -0.15) is 0 Å². The molecule has 62 heavy (non-hydrogen) atoms. The van der Waals surface area contributed by atoms with E-state index in [1.54, 1.807) is 0 Å². The van der Waals surface area contributed by atoms with E-state index in [1.165, 1.54) is 186 Å². The van der Waals surface area contributed by atoms with Crippen molar-refractivity contribution in [3.63, 3.8) is 0 Å². The van der Waals surface area contributed by atoms with Crippen molar-refractivity contribution in [2.24, 2.45) is 17.8 Å². The highest BCUT2D eigenvalue weighted by atomic mass is 16.6. The Hall–Kier alpha value is -1.59. The quantitative estimate of drug-likeness (QED) is 0.0344. The predicted octanol–water partition coefficient (Wildman–Crippen LogP) is 17.9. The molecule has 0 rings (SSSR count). The van der Waals surface area contributed by atoms with Gasteiger partial charge in [-0.05, 0) is 37.0 Å². The van der Waals surface area contributed by atoms with Crippen molar-refractivity contribution in [1.82, 2.24) is 0 Å². The van der Waals surface area contributed by atoms with E-state index in [1.807, 2.05) is 0 Å². The number of rotatable bonds is 49. The summed E-state index contributed by atoms with van der Waals surface area (Å²) in [5.41, 5.74) is 0. The molecule has 368 valence electrons. The van der Waals surface area contributed by atoms with Crippen LogP contribution in [0.1, 0.15) is 305 Å². The second-order valence-electron chi connectivity index (χ2n) is 20.4. The van der Waals surface area contributed by atoms with Crippen LogP contribution in [-0.4, -0.2) is 37.2 Å². The van der Waals surface area contributed by atoms with Crippen molar-refractivity contribution in [1.29, 1.82) is 0 Å². The minimum absolute atomic E-state index is 0.0649. The molecule has 0 amide bonds. The molecule has 0 aliphatic rings. The summed E-state index contributed by atoms with van der Waals surface area (Å²) in [4.78, 5) is 38.0. The fourth-order valence-electron chi connectivity index (χ4n) is 8.44. The van der Waals surface area contributed by atoms with Crippen LogP contribution in [0, 0.1) is 17.8 Å². The topological polar surface area (TPSA) is 78.9 Å². The zero-order valence-electron chi connectivity index (χ0n) is 42.7. The Morgan fingerprint density at radius 3 is 0.839 bits per heavy atom. The zero-order chi connectivity index (χ0) is 45.6. The molecule has 0 radical (unpaired) electrons. The van der Waals surface area contributed by atoms with E-state index in [9.17, 15) is 14.4 Å². The van der Waals surface area contributed by atoms with Gasteiger partial charge in [0.25, 0.3) is 0 Å². The molecule has 0 bridgehead atoms. The summed E-state index contributed by atoms with van der Waals surface area (Å²) in [5, 5.41) is 0. The van der Waals surface area contributed by atoms with Crippen LogP contribution in [0.5, 0.6) is 0 Å². The Bertz CT molecular complexity index is 962. The summed E-state index contributed by atoms with van der Waals surface area (Å²) < 4.78 is 16.8. The van der Waals surface area contributed by atoms with Crippen molar-refractivity contribution >= 4 is 17.9 Å². The van der Waals surface area contributed by atoms with Crippen molar-refractivity contribution in [3.05, 3.63) is 0 Å². The van der Waals surface area contributed by atoms with Gasteiger partial charge in [0.05, 0.1) is 0 Å². The molecule has 2 atom stereocenters. The molecule has 0 aromatic rings. The molecule has 1 unspecified atom stereocenters. The third-order valence-corrected chi connectivity index (χ3v) is 13.0. The van der Waals surface area contributed by atoms with Gasteiger partial charge in [0.15, 0.2) is 6.10 Å². The molecule has 6 nitrogen and oxygen atoms in total. The molecule has 0 N–H and O–H groups in total. The Morgan fingerprint density at radius 2 is 0.565 bits per heavy atom. The third kappa shape index (κ3) is 47.9. The fraction of sp³-hybridized carbons (Fsp3) is 0.946. The second-order valence-corrected chi connectivity index (χ2v) is 20.4. The van der Waals surface area contributed by atoms with E-state index in [4.69, 9.17) is 14.2 Å². The lowest BCUT2D eigenvalue weighted by atomic mass is 9.99. The van der Waals surface area contributed by atoms with Crippen molar-refractivity contribution in [3.8, 4) is 0 Å². The standard InChI is InChI=1S/C56H108O6/c1-7-52(6)44-38-32-25-21-18-19-23-27-35-41-47-56(59)62-53(49-61-55(58)46-40-34-29-28-31-37-43-51(4)5)48-60-54(57)45-39-33-26-22-17-15-13-11-9-8-10-12-14-16-20-24-30-36-42-50(2)3/h50-53H,7-49H2,1-6H3/t52?,53-/m1/s1. The first-order valence-electron chi connectivity index (χ1n) is 27.6. The number of ether oxygens (including phenoxy) is 3. The fourth-order valence-corrected chi connectivity index (χ4v) is 8.44. The monoisotopic (exact) mass is 877 g/mol. The Kier molecular flexibility index (Phi) is 46.2. The zero-order valence-corrected chi connectivity index (χ0v) is 42.7. The summed E-state index contributed by atoms with van der Waals surface area (Å²) in [6.45, 7) is 13.7. The van der Waals surface area contributed by atoms with E-state index in [0.717, 1.165) is 75.5 Å². The highest BCUT2D eigenvalue weighted by Crippen LogP contribution is 2.18. The van der Waals surface area contributed by atoms with E-state index in [0.29, 0.717) is 19.3 Å². The first-order chi connectivity index (χ1) is 30.1. The van der Waals surface area contributed by atoms with Crippen LogP contribution < -0.4 is 0 Å². The van der Waals surface area contributed by atoms with Crippen LogP contribution in [0.3, 0.4) is 0 Å². The molecule has 0 spiro atoms. The third-order valence-electron chi connectivity index (χ3n) is 13.0. The maximum absolute atomic E-state index is 12.8. The smallest absolute Gasteiger partial charge is 0.306 e. The molecular weight excluding hydrogens is 769 g/mol. The van der Waals surface area contributed by atoms with E-state index >= 15 is 0 Å². The van der Waals surface area contributed by atoms with E-state index < -0.39 is 6.10 Å². The van der Waals surface area contributed by atoms with Gasteiger partial charge in [0.2, 0.25) is 0 Å². The van der Waals surface area contributed by atoms with Crippen LogP contribution in [-0.2, 0) is 28.6 Å². The van der Waals surface area contributed by atoms with Gasteiger partial charge in [-0.25, -0.2) is 0 Å². The normalized spacial score (nSPS) is 12.6. The van der Waals surface area contributed by atoms with Gasteiger partial charge in [-0.3, -0.25) is 14.4 Å². The summed E-state index contributed by atoms with van der Waals surface area (Å²) >= 11 is 0. The predicted molar refractivity (Wildman–Crippen MR) is 266 cm³/mol. The maximum Gasteiger partial charge on any atom is 0.306 e. The van der Waals surface area contributed by atoms with Crippen molar-refractivity contribution in [2.75, 3.05) is 13.2 Å². The molecule has 0 saturated heterocycles. The molecule has 0 aromatic carbocycles. The second kappa shape index (κ2) is 47.4. The lowest BCUT2D eigenvalue weighted by Crippen LogP contribution is -2.30. The van der Waals surface area contributed by atoms with Gasteiger partial charge in [-0.15, -0.1) is 0 Å². The number of carbonyl (C=O) groups is 3. The van der Waals surface area contributed by atoms with Gasteiger partial charge >= 0.3 is 17.9 Å². The van der Waals surface area contributed by atoms with E-state index in [2.05, 4.69) is 41.5 Å². The highest BCUT2D eigenvalue weighted by molar-refractivity contribution is 5.71.